The van der Waals surface area contributed by atoms with Crippen LogP contribution >= 0.6 is 0 Å². The van der Waals surface area contributed by atoms with Gasteiger partial charge in [-0.25, -0.2) is 0 Å². The predicted molar refractivity (Wildman–Crippen MR) is 89.9 cm³/mol. The Morgan fingerprint density at radius 3 is 2.17 bits per heavy atom. The molecule has 0 spiro atoms. The maximum atomic E-state index is 11.9. The number of ketones is 1. The van der Waals surface area contributed by atoms with Gasteiger partial charge in [0.25, 0.3) is 0 Å². The molecule has 2 aromatic rings. The number of benzene rings is 2. The maximum Gasteiger partial charge on any atom is 0.311 e. The predicted octanol–water partition coefficient (Wildman–Crippen LogP) is 3.44. The molecule has 2 rings (SSSR count). The number of aryl methyl sites for hydroxylation is 1. The first kappa shape index (κ1) is 17.5. The molecular weight excluding hydrogens is 308 g/mol. The number of rotatable bonds is 7. The molecule has 24 heavy (non-hydrogen) atoms. The smallest absolute Gasteiger partial charge is 0.311 e. The third-order valence-electron chi connectivity index (χ3n) is 3.56. The van der Waals surface area contributed by atoms with Crippen molar-refractivity contribution in [2.75, 3.05) is 14.2 Å². The highest BCUT2D eigenvalue weighted by atomic mass is 16.5. The van der Waals surface area contributed by atoms with Crippen molar-refractivity contribution in [1.29, 1.82) is 0 Å². The number of hydrogen-bond acceptors (Lipinski definition) is 5. The van der Waals surface area contributed by atoms with Crippen molar-refractivity contribution in [1.82, 2.24) is 0 Å². The van der Waals surface area contributed by atoms with Crippen molar-refractivity contribution in [3.8, 4) is 17.2 Å². The summed E-state index contributed by atoms with van der Waals surface area (Å²) in [6, 6.07) is 12.0. The molecule has 5 nitrogen and oxygen atoms in total. The van der Waals surface area contributed by atoms with E-state index in [2.05, 4.69) is 0 Å². The first-order valence-corrected chi connectivity index (χ1v) is 7.56. The summed E-state index contributed by atoms with van der Waals surface area (Å²) in [4.78, 5) is 23.1. The van der Waals surface area contributed by atoms with E-state index < -0.39 is 0 Å². The number of esters is 1. The molecule has 0 aliphatic carbocycles. The normalized spacial score (nSPS) is 10.1. The molecule has 0 atom stereocenters. The molecule has 0 unspecified atom stereocenters. The highest BCUT2D eigenvalue weighted by Crippen LogP contribution is 2.28. The first-order valence-electron chi connectivity index (χ1n) is 7.56. The summed E-state index contributed by atoms with van der Waals surface area (Å²) >= 11 is 0. The van der Waals surface area contributed by atoms with Gasteiger partial charge in [0.2, 0.25) is 0 Å². The van der Waals surface area contributed by atoms with Gasteiger partial charge in [0.1, 0.15) is 5.75 Å². The standard InChI is InChI=1S/C19H20O5/c1-13(20)15-6-8-16(9-7-15)24-19(21)11-5-14-4-10-17(22-2)18(12-14)23-3/h4,6-10,12H,5,11H2,1-3H3. The lowest BCUT2D eigenvalue weighted by Gasteiger charge is -2.09. The van der Waals surface area contributed by atoms with Crippen LogP contribution in [0.25, 0.3) is 0 Å². The number of Topliss-reactive ketones (excluding diaryl/α,β-unsaturated/α-hetero) is 1. The van der Waals surface area contributed by atoms with E-state index in [9.17, 15) is 9.59 Å². The molecule has 0 heterocycles. The van der Waals surface area contributed by atoms with Crippen LogP contribution in [0.3, 0.4) is 0 Å². The number of carbonyl (C=O) groups excluding carboxylic acids is 2. The summed E-state index contributed by atoms with van der Waals surface area (Å²) in [5.41, 5.74) is 1.54. The molecule has 0 saturated heterocycles. The Hall–Kier alpha value is -2.82. The zero-order valence-electron chi connectivity index (χ0n) is 14.0. The molecule has 2 aromatic carbocycles. The SMILES string of the molecule is COc1ccc(CCC(=O)Oc2ccc(C(C)=O)cc2)cc1OC. The van der Waals surface area contributed by atoms with Crippen molar-refractivity contribution >= 4 is 11.8 Å². The zero-order chi connectivity index (χ0) is 17.5. The Morgan fingerprint density at radius 2 is 1.58 bits per heavy atom. The highest BCUT2D eigenvalue weighted by molar-refractivity contribution is 5.94. The van der Waals surface area contributed by atoms with E-state index >= 15 is 0 Å². The average molecular weight is 328 g/mol. The Bertz CT molecular complexity index is 719. The lowest BCUT2D eigenvalue weighted by atomic mass is 10.1. The minimum absolute atomic E-state index is 0.0265. The van der Waals surface area contributed by atoms with Gasteiger partial charge in [0.05, 0.1) is 14.2 Å². The fraction of sp³-hybridized carbons (Fsp3) is 0.263. The molecule has 0 radical (unpaired) electrons. The van der Waals surface area contributed by atoms with E-state index in [1.54, 1.807) is 44.6 Å². The Balaban J connectivity index is 1.92. The molecular formula is C19H20O5. The van der Waals surface area contributed by atoms with Crippen LogP contribution in [0.2, 0.25) is 0 Å². The summed E-state index contributed by atoms with van der Waals surface area (Å²) < 4.78 is 15.7. The van der Waals surface area contributed by atoms with Gasteiger partial charge in [0, 0.05) is 12.0 Å². The van der Waals surface area contributed by atoms with Gasteiger partial charge in [0.15, 0.2) is 17.3 Å². The fourth-order valence-electron chi connectivity index (χ4n) is 2.22. The van der Waals surface area contributed by atoms with Gasteiger partial charge in [-0.05, 0) is 55.3 Å². The van der Waals surface area contributed by atoms with Crippen LogP contribution in [0.15, 0.2) is 42.5 Å². The van der Waals surface area contributed by atoms with Crippen LogP contribution in [0.4, 0.5) is 0 Å². The maximum absolute atomic E-state index is 11.9. The van der Waals surface area contributed by atoms with E-state index in [0.29, 0.717) is 29.2 Å². The molecule has 0 saturated carbocycles. The number of ether oxygens (including phenoxy) is 3. The number of methoxy groups -OCH3 is 2. The minimum atomic E-state index is -0.333. The summed E-state index contributed by atoms with van der Waals surface area (Å²) in [5.74, 6) is 1.34. The molecule has 0 N–H and O–H groups in total. The molecule has 0 amide bonds. The van der Waals surface area contributed by atoms with Crippen molar-refractivity contribution in [3.05, 3.63) is 53.6 Å². The van der Waals surface area contributed by atoms with E-state index in [0.717, 1.165) is 5.56 Å². The van der Waals surface area contributed by atoms with Crippen LogP contribution in [0.1, 0.15) is 29.3 Å². The average Bonchev–Trinajstić information content (AvgIpc) is 2.60. The van der Waals surface area contributed by atoms with Gasteiger partial charge >= 0.3 is 5.97 Å². The van der Waals surface area contributed by atoms with Crippen molar-refractivity contribution in [2.45, 2.75) is 19.8 Å². The lowest BCUT2D eigenvalue weighted by molar-refractivity contribution is -0.134. The quantitative estimate of drug-likeness (QED) is 0.442. The molecule has 5 heteroatoms. The van der Waals surface area contributed by atoms with Gasteiger partial charge < -0.3 is 14.2 Å². The topological polar surface area (TPSA) is 61.8 Å². The monoisotopic (exact) mass is 328 g/mol. The second kappa shape index (κ2) is 8.15. The van der Waals surface area contributed by atoms with Crippen LogP contribution < -0.4 is 14.2 Å². The van der Waals surface area contributed by atoms with Crippen molar-refractivity contribution in [2.24, 2.45) is 0 Å². The number of carbonyl (C=O) groups is 2. The van der Waals surface area contributed by atoms with Crippen LogP contribution in [-0.4, -0.2) is 26.0 Å². The van der Waals surface area contributed by atoms with E-state index in [1.165, 1.54) is 6.92 Å². The Morgan fingerprint density at radius 1 is 0.917 bits per heavy atom. The molecule has 0 bridgehead atoms. The summed E-state index contributed by atoms with van der Waals surface area (Å²) in [6.45, 7) is 1.49. The Kier molecular flexibility index (Phi) is 5.95. The number of hydrogen-bond donors (Lipinski definition) is 0. The van der Waals surface area contributed by atoms with E-state index in [4.69, 9.17) is 14.2 Å². The zero-order valence-corrected chi connectivity index (χ0v) is 14.0. The van der Waals surface area contributed by atoms with Crippen molar-refractivity contribution < 1.29 is 23.8 Å². The van der Waals surface area contributed by atoms with Gasteiger partial charge in [-0.2, -0.15) is 0 Å². The van der Waals surface area contributed by atoms with Crippen LogP contribution in [0, 0.1) is 0 Å². The Labute approximate surface area is 141 Å². The van der Waals surface area contributed by atoms with E-state index in [1.807, 2.05) is 12.1 Å². The van der Waals surface area contributed by atoms with Crippen LogP contribution in [-0.2, 0) is 11.2 Å². The summed E-state index contributed by atoms with van der Waals surface area (Å²) in [6.07, 6.45) is 0.772. The second-order valence-electron chi connectivity index (χ2n) is 5.24. The molecule has 0 aliphatic heterocycles. The van der Waals surface area contributed by atoms with E-state index in [-0.39, 0.29) is 18.2 Å². The lowest BCUT2D eigenvalue weighted by Crippen LogP contribution is -2.09. The van der Waals surface area contributed by atoms with Gasteiger partial charge in [-0.15, -0.1) is 0 Å². The summed E-state index contributed by atoms with van der Waals surface area (Å²) in [7, 11) is 3.15. The van der Waals surface area contributed by atoms with Gasteiger partial charge in [-0.3, -0.25) is 9.59 Å². The molecule has 0 aliphatic rings. The minimum Gasteiger partial charge on any atom is -0.493 e. The fourth-order valence-corrected chi connectivity index (χ4v) is 2.22. The van der Waals surface area contributed by atoms with Gasteiger partial charge in [-0.1, -0.05) is 6.07 Å². The summed E-state index contributed by atoms with van der Waals surface area (Å²) in [5, 5.41) is 0. The molecule has 126 valence electrons. The first-order chi connectivity index (χ1) is 11.5. The molecule has 0 fully saturated rings. The largest absolute Gasteiger partial charge is 0.493 e. The third kappa shape index (κ3) is 4.59. The third-order valence-corrected chi connectivity index (χ3v) is 3.56. The highest BCUT2D eigenvalue weighted by Gasteiger charge is 2.09. The van der Waals surface area contributed by atoms with Crippen LogP contribution in [0.5, 0.6) is 17.2 Å². The molecule has 0 aromatic heterocycles. The van der Waals surface area contributed by atoms with Crippen molar-refractivity contribution in [3.63, 3.8) is 0 Å². The second-order valence-corrected chi connectivity index (χ2v) is 5.24.